The zero-order chi connectivity index (χ0) is 38.5. The second-order valence-electron chi connectivity index (χ2n) is 16.5. The van der Waals surface area contributed by atoms with E-state index in [4.69, 9.17) is 0 Å². The quantitative estimate of drug-likeness (QED) is 0.123. The molecule has 0 saturated heterocycles. The first kappa shape index (κ1) is 44.7. The van der Waals surface area contributed by atoms with Crippen LogP contribution in [0.15, 0.2) is 158 Å². The second-order valence-corrected chi connectivity index (χ2v) is 18.3. The summed E-state index contributed by atoms with van der Waals surface area (Å²) in [5.41, 5.74) is 13.5. The van der Waals surface area contributed by atoms with Crippen LogP contribution in [0.3, 0.4) is 0 Å². The Morgan fingerprint density at radius 3 is 1.25 bits per heavy atom. The van der Waals surface area contributed by atoms with Crippen molar-refractivity contribution in [2.75, 3.05) is 0 Å². The van der Waals surface area contributed by atoms with Crippen molar-refractivity contribution in [1.29, 1.82) is 0 Å². The van der Waals surface area contributed by atoms with Gasteiger partial charge in [0, 0.05) is 0 Å². The van der Waals surface area contributed by atoms with E-state index in [2.05, 4.69) is 207 Å². The first-order chi connectivity index (χ1) is 25.8. The number of aryl methyl sites for hydroxylation is 2. The molecule has 1 aliphatic rings. The van der Waals surface area contributed by atoms with Crippen LogP contribution in [0, 0.1) is 19.9 Å². The third-order valence-corrected chi connectivity index (χ3v) is 12.1. The molecule has 8 rings (SSSR count). The van der Waals surface area contributed by atoms with Gasteiger partial charge in [0.05, 0.1) is 0 Å². The standard InChI is InChI=1S/C33H33.C15H14.C5H5.2ClH.Hf/c1-32(2,3)30-20-26-24(18-28(30)22-13-9-7-10-14-22)17-25-19-29(23-15-11-8-12-16-23)31(21-27(25)26)33(4,5)6;1-12-3-7-14(8-4-12)11-15-9-5-13(2)6-10-15;1-2-4-5-3-1;;;/h7-21H,1-6H3;3-10H,1-2H3;1-3H,4H2;2*1H;/q-1;;-1;;;+2/p-2. The Labute approximate surface area is 363 Å². The minimum absolute atomic E-state index is 0. The predicted octanol–water partition coefficient (Wildman–Crippen LogP) is 8.37. The van der Waals surface area contributed by atoms with Crippen LogP contribution in [-0.4, -0.2) is 3.26 Å². The van der Waals surface area contributed by atoms with E-state index in [1.807, 2.05) is 12.2 Å². The largest absolute Gasteiger partial charge is 1.00 e. The summed E-state index contributed by atoms with van der Waals surface area (Å²) in [6.45, 7) is 18.2. The van der Waals surface area contributed by atoms with Crippen LogP contribution in [-0.2, 0) is 34.7 Å². The van der Waals surface area contributed by atoms with Crippen LogP contribution in [0.5, 0.6) is 0 Å². The Hall–Kier alpha value is -4.01. The third-order valence-electron chi connectivity index (χ3n) is 10.0. The maximum absolute atomic E-state index is 2.99. The molecule has 56 heavy (non-hydrogen) atoms. The number of hydrogen-bond acceptors (Lipinski definition) is 0. The van der Waals surface area contributed by atoms with Crippen molar-refractivity contribution in [2.45, 2.75) is 72.6 Å². The molecule has 0 unspecified atom stereocenters. The number of fused-ring (bicyclic) bond motifs is 3. The van der Waals surface area contributed by atoms with Crippen LogP contribution >= 0.6 is 0 Å². The van der Waals surface area contributed by atoms with Crippen molar-refractivity contribution >= 4 is 24.8 Å². The van der Waals surface area contributed by atoms with Crippen molar-refractivity contribution in [3.05, 3.63) is 197 Å². The van der Waals surface area contributed by atoms with E-state index in [1.165, 1.54) is 80.4 Å². The van der Waals surface area contributed by atoms with E-state index in [1.54, 1.807) is 0 Å². The Morgan fingerprint density at radius 1 is 0.554 bits per heavy atom. The molecule has 0 N–H and O–H groups in total. The van der Waals surface area contributed by atoms with E-state index in [-0.39, 0.29) is 35.6 Å². The molecule has 7 aromatic carbocycles. The summed E-state index contributed by atoms with van der Waals surface area (Å²) in [4.78, 5) is 0. The van der Waals surface area contributed by atoms with E-state index in [0.29, 0.717) is 0 Å². The molecule has 0 fully saturated rings. The van der Waals surface area contributed by atoms with Crippen molar-refractivity contribution in [3.8, 4) is 22.3 Å². The van der Waals surface area contributed by atoms with Crippen LogP contribution in [0.4, 0.5) is 0 Å². The number of rotatable bonds is 4. The van der Waals surface area contributed by atoms with Gasteiger partial charge in [-0.15, -0.1) is 46.2 Å². The van der Waals surface area contributed by atoms with Crippen LogP contribution < -0.4 is 24.8 Å². The van der Waals surface area contributed by atoms with Gasteiger partial charge >= 0.3 is 112 Å². The third kappa shape index (κ3) is 10.9. The first-order valence-corrected chi connectivity index (χ1v) is 20.9. The molecule has 0 aliphatic heterocycles. The van der Waals surface area contributed by atoms with Gasteiger partial charge in [0.25, 0.3) is 0 Å². The zero-order valence-corrected chi connectivity index (χ0v) is 39.1. The van der Waals surface area contributed by atoms with Crippen LogP contribution in [0.25, 0.3) is 43.8 Å². The van der Waals surface area contributed by atoms with Gasteiger partial charge in [-0.2, -0.15) is 6.08 Å². The van der Waals surface area contributed by atoms with Crippen molar-refractivity contribution < 1.29 is 48.7 Å². The number of benzene rings is 6. The minimum Gasteiger partial charge on any atom is -1.00 e. The maximum Gasteiger partial charge on any atom is -0.109 e. The molecule has 0 heterocycles. The maximum atomic E-state index is 2.99. The fraction of sp³-hybridized carbons (Fsp3) is 0.208. The molecule has 1 aliphatic carbocycles. The molecule has 0 radical (unpaired) electrons. The smallest absolute Gasteiger partial charge is 0.109 e. The molecular weight excluding hydrogens is 886 g/mol. The Kier molecular flexibility index (Phi) is 15.5. The summed E-state index contributed by atoms with van der Waals surface area (Å²) in [5.74, 6) is 0. The molecule has 7 aromatic rings. The summed E-state index contributed by atoms with van der Waals surface area (Å²) in [7, 11) is 0. The first-order valence-electron chi connectivity index (χ1n) is 19.1. The van der Waals surface area contributed by atoms with E-state index >= 15 is 0 Å². The van der Waals surface area contributed by atoms with Crippen LogP contribution in [0.1, 0.15) is 81.3 Å². The summed E-state index contributed by atoms with van der Waals surface area (Å²) in [6.07, 6.45) is 10.0. The number of halogens is 2. The van der Waals surface area contributed by atoms with Crippen molar-refractivity contribution in [3.63, 3.8) is 0 Å². The topological polar surface area (TPSA) is 0 Å². The SMILES string of the molecule is CC(C)(C)c1cc2c(cc1-c1ccccc1)[cH-]c1cc(-c3ccccc3)c(C(C)(C)C)cc12.Cc1ccc([C](=[Hf+2])c2ccc(C)cc2)cc1.[C-]1=CC=CC1.[Cl-].[Cl-]. The Morgan fingerprint density at radius 2 is 0.946 bits per heavy atom. The normalized spacial score (nSPS) is 11.9. The number of hydrogen-bond donors (Lipinski definition) is 0. The second kappa shape index (κ2) is 19.4. The predicted molar refractivity (Wildman–Crippen MR) is 232 cm³/mol. The van der Waals surface area contributed by atoms with Gasteiger partial charge in [-0.1, -0.05) is 114 Å². The fourth-order valence-corrected chi connectivity index (χ4v) is 8.20. The van der Waals surface area contributed by atoms with Gasteiger partial charge in [0.15, 0.2) is 0 Å². The zero-order valence-electron chi connectivity index (χ0n) is 34.0. The van der Waals surface area contributed by atoms with E-state index < -0.39 is 0 Å². The average Bonchev–Trinajstić information content (AvgIpc) is 3.86. The molecule has 0 nitrogen and oxygen atoms in total. The average molecular weight is 938 g/mol. The van der Waals surface area contributed by atoms with Gasteiger partial charge in [-0.05, 0) is 44.2 Å². The summed E-state index contributed by atoms with van der Waals surface area (Å²) >= 11 is 1.08. The van der Waals surface area contributed by atoms with E-state index in [9.17, 15) is 0 Å². The van der Waals surface area contributed by atoms with Crippen molar-refractivity contribution in [1.82, 2.24) is 0 Å². The summed E-state index contributed by atoms with van der Waals surface area (Å²) in [5, 5.41) is 5.36. The van der Waals surface area contributed by atoms with Gasteiger partial charge in [0.2, 0.25) is 0 Å². The molecule has 0 atom stereocenters. The Balaban J connectivity index is 0.000000252. The molecule has 0 saturated carbocycles. The molecule has 3 heteroatoms. The van der Waals surface area contributed by atoms with Crippen LogP contribution in [0.2, 0.25) is 0 Å². The summed E-state index contributed by atoms with van der Waals surface area (Å²) < 4.78 is 1.47. The minimum atomic E-state index is 0. The molecule has 0 amide bonds. The molecule has 0 spiro atoms. The van der Waals surface area contributed by atoms with E-state index in [0.717, 1.165) is 30.3 Å². The molecule has 0 bridgehead atoms. The molecule has 0 aromatic heterocycles. The molecule has 284 valence electrons. The van der Waals surface area contributed by atoms with Crippen molar-refractivity contribution in [2.24, 2.45) is 0 Å². The van der Waals surface area contributed by atoms with Gasteiger partial charge in [0.1, 0.15) is 0 Å². The monoisotopic (exact) mass is 938 g/mol. The van der Waals surface area contributed by atoms with Gasteiger partial charge in [-0.25, -0.2) is 12.2 Å². The fourth-order valence-electron chi connectivity index (χ4n) is 7.01. The molecular formula is C53H52Cl2Hf-2. The van der Waals surface area contributed by atoms with Gasteiger partial charge in [-0.3, -0.25) is 6.08 Å². The van der Waals surface area contributed by atoms with Gasteiger partial charge < -0.3 is 24.8 Å². The Bertz CT molecular complexity index is 2250. The summed E-state index contributed by atoms with van der Waals surface area (Å²) in [6, 6.07) is 51.3. The number of allylic oxidation sites excluding steroid dienone is 4.